The summed E-state index contributed by atoms with van der Waals surface area (Å²) >= 11 is 0. The highest BCUT2D eigenvalue weighted by Crippen LogP contribution is 2.51. The summed E-state index contributed by atoms with van der Waals surface area (Å²) in [5.74, 6) is 0. The van der Waals surface area contributed by atoms with E-state index in [1.54, 1.807) is 0 Å². The quantitative estimate of drug-likeness (QED) is 0.294. The van der Waals surface area contributed by atoms with E-state index in [9.17, 15) is 0 Å². The van der Waals surface area contributed by atoms with E-state index in [0.717, 1.165) is 19.3 Å². The van der Waals surface area contributed by atoms with Crippen molar-refractivity contribution in [3.63, 3.8) is 0 Å². The van der Waals surface area contributed by atoms with Crippen molar-refractivity contribution in [3.05, 3.63) is 106 Å². The van der Waals surface area contributed by atoms with Crippen molar-refractivity contribution >= 4 is 11.4 Å². The molecule has 1 heteroatoms. The summed E-state index contributed by atoms with van der Waals surface area (Å²) in [4.78, 5) is 2.50. The second kappa shape index (κ2) is 5.39. The topological polar surface area (TPSA) is 3.24 Å². The molecule has 4 aromatic carbocycles. The van der Waals surface area contributed by atoms with E-state index in [4.69, 9.17) is 0 Å². The lowest BCUT2D eigenvalue weighted by Crippen LogP contribution is -2.22. The van der Waals surface area contributed by atoms with Crippen LogP contribution in [-0.2, 0) is 19.3 Å². The van der Waals surface area contributed by atoms with Crippen molar-refractivity contribution in [2.24, 2.45) is 0 Å². The lowest BCUT2D eigenvalue weighted by atomic mass is 9.88. The van der Waals surface area contributed by atoms with E-state index in [1.165, 1.54) is 67.0 Å². The Morgan fingerprint density at radius 1 is 0.483 bits per heavy atom. The van der Waals surface area contributed by atoms with Gasteiger partial charge in [0.05, 0.1) is 0 Å². The fourth-order valence-electron chi connectivity index (χ4n) is 5.93. The van der Waals surface area contributed by atoms with Gasteiger partial charge in [-0.15, -0.1) is 0 Å². The van der Waals surface area contributed by atoms with Crippen LogP contribution in [0, 0.1) is 0 Å². The fourth-order valence-corrected chi connectivity index (χ4v) is 5.93. The summed E-state index contributed by atoms with van der Waals surface area (Å²) in [6.45, 7) is 0. The van der Waals surface area contributed by atoms with Crippen molar-refractivity contribution in [2.45, 2.75) is 19.3 Å². The summed E-state index contributed by atoms with van der Waals surface area (Å²) in [5, 5.41) is 0. The Morgan fingerprint density at radius 2 is 0.966 bits per heavy atom. The third-order valence-electron chi connectivity index (χ3n) is 7.13. The van der Waals surface area contributed by atoms with Crippen LogP contribution in [0.15, 0.2) is 72.8 Å². The molecule has 0 amide bonds. The average Bonchev–Trinajstić information content (AvgIpc) is 3.31. The highest BCUT2D eigenvalue weighted by atomic mass is 15.1. The number of fused-ring (bicyclic) bond motifs is 10. The van der Waals surface area contributed by atoms with Crippen LogP contribution in [-0.4, -0.2) is 7.05 Å². The van der Waals surface area contributed by atoms with Gasteiger partial charge in [0.25, 0.3) is 0 Å². The predicted molar refractivity (Wildman–Crippen MR) is 120 cm³/mol. The van der Waals surface area contributed by atoms with Crippen molar-refractivity contribution in [1.82, 2.24) is 0 Å². The minimum absolute atomic E-state index is 1.03. The third kappa shape index (κ3) is 1.95. The van der Waals surface area contributed by atoms with Gasteiger partial charge in [0.2, 0.25) is 0 Å². The molecule has 7 rings (SSSR count). The molecule has 0 aromatic heterocycles. The number of hydrogen-bond donors (Lipinski definition) is 0. The van der Waals surface area contributed by atoms with Gasteiger partial charge >= 0.3 is 0 Å². The van der Waals surface area contributed by atoms with Gasteiger partial charge in [0.15, 0.2) is 0 Å². The molecule has 1 heterocycles. The Labute approximate surface area is 171 Å². The number of nitrogens with zero attached hydrogens (tertiary/aromatic N) is 1. The SMILES string of the molecule is CN1c2c(ccc3c2Cc2ccccc2-3)Cc2ccc3c(c21)Cc1ccccc1-3. The monoisotopic (exact) mass is 371 g/mol. The summed E-state index contributed by atoms with van der Waals surface area (Å²) in [5.41, 5.74) is 17.4. The van der Waals surface area contributed by atoms with Gasteiger partial charge < -0.3 is 4.90 Å². The Kier molecular flexibility index (Phi) is 2.90. The molecule has 0 radical (unpaired) electrons. The molecular weight excluding hydrogens is 350 g/mol. The molecule has 0 fully saturated rings. The standard InChI is InChI=1S/C28H21N/c1-29-27-19(10-12-23-21-8-4-2-6-17(21)15-25(23)27)14-20-11-13-24-22-9-5-3-7-18(22)16-26(24)28(20)29/h2-13H,14-16H2,1H3. The van der Waals surface area contributed by atoms with Crippen LogP contribution in [0.5, 0.6) is 0 Å². The van der Waals surface area contributed by atoms with E-state index in [1.807, 2.05) is 0 Å². The summed E-state index contributed by atoms with van der Waals surface area (Å²) < 4.78 is 0. The Morgan fingerprint density at radius 3 is 1.48 bits per heavy atom. The first-order valence-electron chi connectivity index (χ1n) is 10.5. The molecular formula is C28H21N. The van der Waals surface area contributed by atoms with Crippen LogP contribution in [0.4, 0.5) is 11.4 Å². The van der Waals surface area contributed by atoms with E-state index in [-0.39, 0.29) is 0 Å². The molecule has 1 aliphatic heterocycles. The smallest absolute Gasteiger partial charge is 0.0486 e. The molecule has 2 aliphatic carbocycles. The van der Waals surface area contributed by atoms with Gasteiger partial charge in [-0.3, -0.25) is 0 Å². The first-order chi connectivity index (χ1) is 14.3. The molecule has 138 valence electrons. The molecule has 4 aromatic rings. The zero-order valence-corrected chi connectivity index (χ0v) is 16.5. The molecule has 3 aliphatic rings. The summed E-state index contributed by atoms with van der Waals surface area (Å²) in [7, 11) is 2.28. The van der Waals surface area contributed by atoms with Crippen molar-refractivity contribution in [3.8, 4) is 22.3 Å². The molecule has 0 spiro atoms. The van der Waals surface area contributed by atoms with Crippen molar-refractivity contribution in [2.75, 3.05) is 11.9 Å². The molecule has 0 saturated heterocycles. The van der Waals surface area contributed by atoms with E-state index in [0.29, 0.717) is 0 Å². The average molecular weight is 371 g/mol. The van der Waals surface area contributed by atoms with Crippen LogP contribution in [0.1, 0.15) is 33.4 Å². The molecule has 0 saturated carbocycles. The van der Waals surface area contributed by atoms with Gasteiger partial charge in [-0.25, -0.2) is 0 Å². The molecule has 0 bridgehead atoms. The van der Waals surface area contributed by atoms with E-state index in [2.05, 4.69) is 84.7 Å². The lowest BCUT2D eigenvalue weighted by molar-refractivity contribution is 1.02. The molecule has 29 heavy (non-hydrogen) atoms. The molecule has 0 N–H and O–H groups in total. The molecule has 0 atom stereocenters. The first-order valence-corrected chi connectivity index (χ1v) is 10.5. The minimum Gasteiger partial charge on any atom is -0.344 e. The number of anilines is 2. The maximum atomic E-state index is 2.50. The number of benzene rings is 4. The third-order valence-corrected chi connectivity index (χ3v) is 7.13. The second-order valence-corrected chi connectivity index (χ2v) is 8.60. The number of rotatable bonds is 0. The van der Waals surface area contributed by atoms with Gasteiger partial charge in [-0.1, -0.05) is 72.8 Å². The molecule has 0 unspecified atom stereocenters. The summed E-state index contributed by atoms with van der Waals surface area (Å²) in [6.07, 6.45) is 3.12. The van der Waals surface area contributed by atoms with Crippen LogP contribution < -0.4 is 4.90 Å². The first kappa shape index (κ1) is 15.6. The summed E-state index contributed by atoms with van der Waals surface area (Å²) in [6, 6.07) is 27.2. The highest BCUT2D eigenvalue weighted by molar-refractivity contribution is 5.92. The fraction of sp³-hybridized carbons (Fsp3) is 0.143. The van der Waals surface area contributed by atoms with Crippen LogP contribution in [0.25, 0.3) is 22.3 Å². The van der Waals surface area contributed by atoms with Gasteiger partial charge in [0.1, 0.15) is 0 Å². The number of hydrogen-bond acceptors (Lipinski definition) is 1. The highest BCUT2D eigenvalue weighted by Gasteiger charge is 2.32. The largest absolute Gasteiger partial charge is 0.344 e. The van der Waals surface area contributed by atoms with Gasteiger partial charge in [-0.2, -0.15) is 0 Å². The predicted octanol–water partition coefficient (Wildman–Crippen LogP) is 6.50. The Bertz CT molecular complexity index is 1240. The van der Waals surface area contributed by atoms with Gasteiger partial charge in [-0.05, 0) is 55.6 Å². The van der Waals surface area contributed by atoms with Gasteiger partial charge in [0, 0.05) is 37.7 Å². The maximum Gasteiger partial charge on any atom is 0.0486 e. The second-order valence-electron chi connectivity index (χ2n) is 8.60. The van der Waals surface area contributed by atoms with Crippen molar-refractivity contribution in [1.29, 1.82) is 0 Å². The van der Waals surface area contributed by atoms with E-state index >= 15 is 0 Å². The van der Waals surface area contributed by atoms with Crippen molar-refractivity contribution < 1.29 is 0 Å². The normalized spacial score (nSPS) is 14.6. The molecule has 1 nitrogen and oxygen atoms in total. The Hall–Kier alpha value is -3.32. The Balaban J connectivity index is 1.44. The maximum absolute atomic E-state index is 2.50. The lowest BCUT2D eigenvalue weighted by Gasteiger charge is -2.34. The van der Waals surface area contributed by atoms with Crippen LogP contribution in [0.2, 0.25) is 0 Å². The van der Waals surface area contributed by atoms with Crippen LogP contribution >= 0.6 is 0 Å². The zero-order chi connectivity index (χ0) is 19.1. The van der Waals surface area contributed by atoms with E-state index < -0.39 is 0 Å². The zero-order valence-electron chi connectivity index (χ0n) is 16.5. The minimum atomic E-state index is 1.03. The van der Waals surface area contributed by atoms with Crippen LogP contribution in [0.3, 0.4) is 0 Å².